The summed E-state index contributed by atoms with van der Waals surface area (Å²) in [5.74, 6) is 0. The van der Waals surface area contributed by atoms with E-state index in [0.717, 1.165) is 36.5 Å². The van der Waals surface area contributed by atoms with Crippen molar-refractivity contribution < 1.29 is 9.84 Å². The summed E-state index contributed by atoms with van der Waals surface area (Å²) in [5, 5.41) is 9.60. The van der Waals surface area contributed by atoms with Gasteiger partial charge in [-0.05, 0) is 31.4 Å². The Labute approximate surface area is 131 Å². The van der Waals surface area contributed by atoms with E-state index in [4.69, 9.17) is 27.2 Å². The van der Waals surface area contributed by atoms with Crippen LogP contribution in [0.3, 0.4) is 0 Å². The molecule has 2 atom stereocenters. The van der Waals surface area contributed by atoms with Gasteiger partial charge in [0, 0.05) is 24.2 Å². The van der Waals surface area contributed by atoms with E-state index < -0.39 is 0 Å². The molecule has 0 saturated carbocycles. The quantitative estimate of drug-likeness (QED) is 0.845. The topological polar surface area (TPSA) is 58.7 Å². The van der Waals surface area contributed by atoms with Crippen LogP contribution in [0.2, 0.25) is 5.02 Å². The first kappa shape index (κ1) is 16.7. The average molecular weight is 313 g/mol. The zero-order valence-electron chi connectivity index (χ0n) is 12.5. The van der Waals surface area contributed by atoms with Crippen molar-refractivity contribution in [1.29, 1.82) is 0 Å². The fourth-order valence-electron chi connectivity index (χ4n) is 3.07. The molecule has 2 unspecified atom stereocenters. The van der Waals surface area contributed by atoms with Crippen LogP contribution in [0, 0.1) is 0 Å². The average Bonchev–Trinajstić information content (AvgIpc) is 2.48. The molecule has 0 amide bonds. The Hall–Kier alpha value is -0.650. The first-order valence-electron chi connectivity index (χ1n) is 7.60. The van der Waals surface area contributed by atoms with Crippen LogP contribution in [0.4, 0.5) is 0 Å². The summed E-state index contributed by atoms with van der Waals surface area (Å²) >= 11 is 6.34. The number of likely N-dealkylation sites (tertiary alicyclic amines) is 1. The van der Waals surface area contributed by atoms with Crippen molar-refractivity contribution in [3.63, 3.8) is 0 Å². The molecule has 5 heteroatoms. The number of piperidine rings is 1. The number of ether oxygens (including phenoxy) is 1. The highest BCUT2D eigenvalue weighted by Gasteiger charge is 2.29. The first-order valence-corrected chi connectivity index (χ1v) is 7.97. The maximum atomic E-state index is 8.82. The number of hydrogen-bond donors (Lipinski definition) is 2. The van der Waals surface area contributed by atoms with Gasteiger partial charge in [-0.3, -0.25) is 4.90 Å². The lowest BCUT2D eigenvalue weighted by Crippen LogP contribution is -2.45. The number of hydrogen-bond acceptors (Lipinski definition) is 4. The number of aliphatic hydroxyl groups excluding tert-OH is 1. The number of rotatable bonds is 6. The third-order valence-corrected chi connectivity index (χ3v) is 4.38. The molecule has 1 aliphatic rings. The van der Waals surface area contributed by atoms with Gasteiger partial charge in [-0.15, -0.1) is 0 Å². The van der Waals surface area contributed by atoms with Crippen LogP contribution >= 0.6 is 11.6 Å². The highest BCUT2D eigenvalue weighted by Crippen LogP contribution is 2.31. The normalized spacial score (nSPS) is 20.4. The second kappa shape index (κ2) is 8.11. The smallest absolute Gasteiger partial charge is 0.0701 e. The number of benzene rings is 1. The van der Waals surface area contributed by atoms with Crippen LogP contribution in [0.25, 0.3) is 0 Å². The van der Waals surface area contributed by atoms with E-state index in [2.05, 4.69) is 11.0 Å². The molecule has 1 aromatic carbocycles. The molecule has 1 fully saturated rings. The minimum Gasteiger partial charge on any atom is -0.394 e. The molecular formula is C16H25ClN2O2. The van der Waals surface area contributed by atoms with Crippen LogP contribution in [0.1, 0.15) is 31.4 Å². The van der Waals surface area contributed by atoms with Gasteiger partial charge in [0.05, 0.1) is 25.4 Å². The highest BCUT2D eigenvalue weighted by molar-refractivity contribution is 6.31. The van der Waals surface area contributed by atoms with E-state index in [1.54, 1.807) is 0 Å². The summed E-state index contributed by atoms with van der Waals surface area (Å²) in [6.07, 6.45) is 2.18. The molecule has 1 aromatic rings. The zero-order chi connectivity index (χ0) is 15.2. The lowest BCUT2D eigenvalue weighted by atomic mass is 9.96. The van der Waals surface area contributed by atoms with Crippen molar-refractivity contribution in [3.8, 4) is 0 Å². The van der Waals surface area contributed by atoms with E-state index >= 15 is 0 Å². The SMILES string of the molecule is CC(N)C(c1ccccc1Cl)N1CCC(OCCO)CC1. The summed E-state index contributed by atoms with van der Waals surface area (Å²) in [4.78, 5) is 2.39. The molecule has 1 aliphatic heterocycles. The Morgan fingerprint density at radius 2 is 2.05 bits per heavy atom. The molecular weight excluding hydrogens is 288 g/mol. The summed E-state index contributed by atoms with van der Waals surface area (Å²) < 4.78 is 5.62. The molecule has 1 saturated heterocycles. The molecule has 3 N–H and O–H groups in total. The molecule has 1 heterocycles. The molecule has 0 spiro atoms. The Bertz CT molecular complexity index is 434. The number of halogens is 1. The van der Waals surface area contributed by atoms with Crippen molar-refractivity contribution in [2.45, 2.75) is 38.0 Å². The van der Waals surface area contributed by atoms with Gasteiger partial charge in [0.15, 0.2) is 0 Å². The largest absolute Gasteiger partial charge is 0.394 e. The van der Waals surface area contributed by atoms with Crippen LogP contribution in [0.15, 0.2) is 24.3 Å². The fraction of sp³-hybridized carbons (Fsp3) is 0.625. The van der Waals surface area contributed by atoms with E-state index in [1.165, 1.54) is 0 Å². The van der Waals surface area contributed by atoms with Gasteiger partial charge in [0.25, 0.3) is 0 Å². The predicted molar refractivity (Wildman–Crippen MR) is 85.5 cm³/mol. The van der Waals surface area contributed by atoms with Crippen LogP contribution in [0.5, 0.6) is 0 Å². The van der Waals surface area contributed by atoms with Gasteiger partial charge in [0.2, 0.25) is 0 Å². The molecule has 4 nitrogen and oxygen atoms in total. The van der Waals surface area contributed by atoms with Gasteiger partial charge in [-0.1, -0.05) is 29.8 Å². The van der Waals surface area contributed by atoms with Crippen LogP contribution in [-0.2, 0) is 4.74 Å². The fourth-order valence-corrected chi connectivity index (χ4v) is 3.31. The van der Waals surface area contributed by atoms with E-state index in [9.17, 15) is 0 Å². The lowest BCUT2D eigenvalue weighted by Gasteiger charge is -2.39. The zero-order valence-corrected chi connectivity index (χ0v) is 13.3. The Morgan fingerprint density at radius 1 is 1.38 bits per heavy atom. The molecule has 118 valence electrons. The Morgan fingerprint density at radius 3 is 2.62 bits per heavy atom. The molecule has 0 radical (unpaired) electrons. The van der Waals surface area contributed by atoms with E-state index in [-0.39, 0.29) is 24.8 Å². The van der Waals surface area contributed by atoms with Crippen molar-refractivity contribution in [1.82, 2.24) is 4.90 Å². The summed E-state index contributed by atoms with van der Waals surface area (Å²) in [7, 11) is 0. The summed E-state index contributed by atoms with van der Waals surface area (Å²) in [5.41, 5.74) is 7.32. The monoisotopic (exact) mass is 312 g/mol. The summed E-state index contributed by atoms with van der Waals surface area (Å²) in [6, 6.07) is 8.08. The van der Waals surface area contributed by atoms with Gasteiger partial charge in [-0.2, -0.15) is 0 Å². The van der Waals surface area contributed by atoms with Gasteiger partial charge < -0.3 is 15.6 Å². The van der Waals surface area contributed by atoms with Crippen LogP contribution < -0.4 is 5.73 Å². The van der Waals surface area contributed by atoms with Gasteiger partial charge >= 0.3 is 0 Å². The summed E-state index contributed by atoms with van der Waals surface area (Å²) in [6.45, 7) is 4.41. The predicted octanol–water partition coefficient (Wildman–Crippen LogP) is 2.20. The van der Waals surface area contributed by atoms with Gasteiger partial charge in [0.1, 0.15) is 0 Å². The Balaban J connectivity index is 2.03. The highest BCUT2D eigenvalue weighted by atomic mass is 35.5. The first-order chi connectivity index (χ1) is 10.1. The minimum absolute atomic E-state index is 0.0137. The maximum Gasteiger partial charge on any atom is 0.0701 e. The van der Waals surface area contributed by atoms with Gasteiger partial charge in [-0.25, -0.2) is 0 Å². The third-order valence-electron chi connectivity index (χ3n) is 4.04. The minimum atomic E-state index is 0.0137. The molecule has 0 aliphatic carbocycles. The van der Waals surface area contributed by atoms with Crippen molar-refractivity contribution in [2.75, 3.05) is 26.3 Å². The molecule has 0 aromatic heterocycles. The number of nitrogens with zero attached hydrogens (tertiary/aromatic N) is 1. The van der Waals surface area contributed by atoms with Crippen molar-refractivity contribution in [2.24, 2.45) is 5.73 Å². The maximum absolute atomic E-state index is 8.82. The lowest BCUT2D eigenvalue weighted by molar-refractivity contribution is -0.0172. The van der Waals surface area contributed by atoms with E-state index in [0.29, 0.717) is 6.61 Å². The third kappa shape index (κ3) is 4.41. The molecule has 2 rings (SSSR count). The standard InChI is InChI=1S/C16H25ClN2O2/c1-12(18)16(14-4-2-3-5-15(14)17)19-8-6-13(7-9-19)21-11-10-20/h2-5,12-13,16,20H,6-11,18H2,1H3. The second-order valence-corrected chi connectivity index (χ2v) is 6.06. The molecule has 21 heavy (non-hydrogen) atoms. The second-order valence-electron chi connectivity index (χ2n) is 5.66. The Kier molecular flexibility index (Phi) is 6.45. The number of nitrogens with two attached hydrogens (primary N) is 1. The molecule has 0 bridgehead atoms. The van der Waals surface area contributed by atoms with Crippen molar-refractivity contribution >= 4 is 11.6 Å². The van der Waals surface area contributed by atoms with E-state index in [1.807, 2.05) is 25.1 Å². The van der Waals surface area contributed by atoms with Crippen molar-refractivity contribution in [3.05, 3.63) is 34.9 Å². The van der Waals surface area contributed by atoms with Crippen LogP contribution in [-0.4, -0.2) is 48.5 Å². The number of aliphatic hydroxyl groups is 1.